The third kappa shape index (κ3) is 2.82. The first-order valence-electron chi connectivity index (χ1n) is 5.82. The van der Waals surface area contributed by atoms with E-state index in [1.807, 2.05) is 0 Å². The van der Waals surface area contributed by atoms with E-state index < -0.39 is 17.4 Å². The maximum Gasteiger partial charge on any atom is 0.328 e. The van der Waals surface area contributed by atoms with E-state index in [-0.39, 0.29) is 0 Å². The minimum atomic E-state index is -1.33. The second-order valence-corrected chi connectivity index (χ2v) is 4.71. The third-order valence-corrected chi connectivity index (χ3v) is 2.71. The molecule has 0 bridgehead atoms. The summed E-state index contributed by atoms with van der Waals surface area (Å²) in [4.78, 5) is 22.9. The fourth-order valence-electron chi connectivity index (χ4n) is 1.47. The quantitative estimate of drug-likeness (QED) is 0.872. The minimum Gasteiger partial charge on any atom is -0.480 e. The summed E-state index contributed by atoms with van der Waals surface area (Å²) in [5, 5.41) is 18.7. The number of carboxylic acid groups (broad SMARTS) is 1. The monoisotopic (exact) mass is 275 g/mol. The van der Waals surface area contributed by atoms with Gasteiger partial charge in [0.2, 0.25) is 12.3 Å². The van der Waals surface area contributed by atoms with Crippen LogP contribution in [0.4, 0.5) is 0 Å². The normalized spacial score (nSPS) is 11.1. The van der Waals surface area contributed by atoms with E-state index in [1.54, 1.807) is 24.3 Å². The van der Waals surface area contributed by atoms with Gasteiger partial charge in [0, 0.05) is 11.1 Å². The van der Waals surface area contributed by atoms with Gasteiger partial charge in [-0.2, -0.15) is 0 Å². The van der Waals surface area contributed by atoms with Gasteiger partial charge in [-0.1, -0.05) is 0 Å². The molecule has 0 radical (unpaired) electrons. The van der Waals surface area contributed by atoms with Crippen LogP contribution in [0, 0.1) is 0 Å². The summed E-state index contributed by atoms with van der Waals surface area (Å²) in [5.74, 6) is -1.22. The molecule has 7 nitrogen and oxygen atoms in total. The summed E-state index contributed by atoms with van der Waals surface area (Å²) in [6, 6.07) is 6.42. The number of rotatable bonds is 4. The Bertz CT molecular complexity index is 618. The highest BCUT2D eigenvalue weighted by molar-refractivity contribution is 5.97. The molecule has 104 valence electrons. The first-order chi connectivity index (χ1) is 9.40. The molecule has 0 atom stereocenters. The van der Waals surface area contributed by atoms with Crippen molar-refractivity contribution in [3.8, 4) is 11.5 Å². The molecule has 0 aliphatic rings. The molecule has 0 saturated carbocycles. The van der Waals surface area contributed by atoms with Crippen molar-refractivity contribution in [2.75, 3.05) is 0 Å². The van der Waals surface area contributed by atoms with Crippen molar-refractivity contribution in [2.45, 2.75) is 19.4 Å². The minimum absolute atomic E-state index is 0.350. The zero-order valence-electron chi connectivity index (χ0n) is 11.0. The molecular weight excluding hydrogens is 262 g/mol. The van der Waals surface area contributed by atoms with Crippen molar-refractivity contribution >= 4 is 11.9 Å². The summed E-state index contributed by atoms with van der Waals surface area (Å²) in [6.45, 7) is 2.83. The average molecular weight is 275 g/mol. The van der Waals surface area contributed by atoms with Crippen LogP contribution < -0.4 is 5.32 Å². The number of amides is 1. The number of aliphatic carboxylic acids is 1. The largest absolute Gasteiger partial charge is 0.480 e. The number of nitrogens with zero attached hydrogens (tertiary/aromatic N) is 2. The number of carboxylic acids is 1. The van der Waals surface area contributed by atoms with Gasteiger partial charge in [-0.05, 0) is 38.1 Å². The van der Waals surface area contributed by atoms with Gasteiger partial charge in [-0.3, -0.25) is 4.79 Å². The van der Waals surface area contributed by atoms with Crippen LogP contribution in [-0.4, -0.2) is 32.7 Å². The van der Waals surface area contributed by atoms with Crippen LogP contribution in [0.2, 0.25) is 0 Å². The molecule has 1 heterocycles. The molecule has 1 aromatic heterocycles. The smallest absolute Gasteiger partial charge is 0.328 e. The van der Waals surface area contributed by atoms with Gasteiger partial charge in [0.25, 0.3) is 5.91 Å². The topological polar surface area (TPSA) is 105 Å². The fourth-order valence-corrected chi connectivity index (χ4v) is 1.47. The lowest BCUT2D eigenvalue weighted by atomic mass is 10.0. The molecule has 0 aliphatic carbocycles. The third-order valence-electron chi connectivity index (χ3n) is 2.71. The first kappa shape index (κ1) is 13.7. The van der Waals surface area contributed by atoms with E-state index in [0.717, 1.165) is 0 Å². The number of aromatic nitrogens is 2. The van der Waals surface area contributed by atoms with E-state index in [1.165, 1.54) is 20.2 Å². The van der Waals surface area contributed by atoms with E-state index >= 15 is 0 Å². The van der Waals surface area contributed by atoms with Crippen LogP contribution in [0.15, 0.2) is 35.1 Å². The zero-order chi connectivity index (χ0) is 14.8. The van der Waals surface area contributed by atoms with Crippen LogP contribution in [0.3, 0.4) is 0 Å². The average Bonchev–Trinajstić information content (AvgIpc) is 2.92. The van der Waals surface area contributed by atoms with Gasteiger partial charge >= 0.3 is 5.97 Å². The van der Waals surface area contributed by atoms with Gasteiger partial charge in [-0.25, -0.2) is 4.79 Å². The lowest BCUT2D eigenvalue weighted by Gasteiger charge is -2.20. The lowest BCUT2D eigenvalue weighted by Crippen LogP contribution is -2.49. The Balaban J connectivity index is 2.14. The Labute approximate surface area is 114 Å². The Hall–Kier alpha value is -2.70. The highest BCUT2D eigenvalue weighted by Crippen LogP contribution is 2.17. The predicted molar refractivity (Wildman–Crippen MR) is 68.9 cm³/mol. The molecular formula is C13H13N3O4. The van der Waals surface area contributed by atoms with Crippen molar-refractivity contribution in [1.29, 1.82) is 0 Å². The molecule has 0 fully saturated rings. The molecule has 2 rings (SSSR count). The fraction of sp³-hybridized carbons (Fsp3) is 0.231. The second kappa shape index (κ2) is 5.12. The van der Waals surface area contributed by atoms with Crippen LogP contribution in [0.5, 0.6) is 0 Å². The molecule has 7 heteroatoms. The van der Waals surface area contributed by atoms with Gasteiger partial charge in [0.15, 0.2) is 0 Å². The number of hydrogen-bond donors (Lipinski definition) is 2. The van der Waals surface area contributed by atoms with Crippen LogP contribution in [0.25, 0.3) is 11.5 Å². The number of carbonyl (C=O) groups is 2. The van der Waals surface area contributed by atoms with Crippen LogP contribution in [-0.2, 0) is 4.79 Å². The molecule has 0 spiro atoms. The van der Waals surface area contributed by atoms with Crippen molar-refractivity contribution in [1.82, 2.24) is 15.5 Å². The predicted octanol–water partition coefficient (Wildman–Crippen LogP) is 1.33. The number of carbonyl (C=O) groups excluding carboxylic acids is 1. The van der Waals surface area contributed by atoms with E-state index in [2.05, 4.69) is 15.5 Å². The first-order valence-corrected chi connectivity index (χ1v) is 5.82. The van der Waals surface area contributed by atoms with Crippen molar-refractivity contribution < 1.29 is 19.1 Å². The summed E-state index contributed by atoms with van der Waals surface area (Å²) < 4.78 is 5.03. The van der Waals surface area contributed by atoms with Crippen molar-refractivity contribution in [3.63, 3.8) is 0 Å². The summed E-state index contributed by atoms with van der Waals surface area (Å²) in [6.07, 6.45) is 1.21. The molecule has 0 unspecified atom stereocenters. The Morgan fingerprint density at radius 1 is 1.25 bits per heavy atom. The number of hydrogen-bond acceptors (Lipinski definition) is 5. The Morgan fingerprint density at radius 2 is 1.90 bits per heavy atom. The van der Waals surface area contributed by atoms with Crippen molar-refractivity contribution in [3.05, 3.63) is 36.2 Å². The summed E-state index contributed by atoms with van der Waals surface area (Å²) in [5.41, 5.74) is -0.304. The van der Waals surface area contributed by atoms with Gasteiger partial charge in [-0.15, -0.1) is 10.2 Å². The van der Waals surface area contributed by atoms with E-state index in [0.29, 0.717) is 17.0 Å². The Kier molecular flexibility index (Phi) is 3.51. The highest BCUT2D eigenvalue weighted by atomic mass is 16.4. The summed E-state index contributed by atoms with van der Waals surface area (Å²) in [7, 11) is 0. The van der Waals surface area contributed by atoms with Gasteiger partial charge in [0.05, 0.1) is 0 Å². The molecule has 0 saturated heterocycles. The zero-order valence-corrected chi connectivity index (χ0v) is 11.0. The van der Waals surface area contributed by atoms with Crippen LogP contribution >= 0.6 is 0 Å². The second-order valence-electron chi connectivity index (χ2n) is 4.71. The van der Waals surface area contributed by atoms with E-state index in [4.69, 9.17) is 9.52 Å². The maximum absolute atomic E-state index is 11.9. The number of benzene rings is 1. The molecule has 2 N–H and O–H groups in total. The molecule has 1 amide bonds. The molecule has 0 aliphatic heterocycles. The molecule has 2 aromatic rings. The van der Waals surface area contributed by atoms with Gasteiger partial charge in [0.1, 0.15) is 5.54 Å². The van der Waals surface area contributed by atoms with E-state index in [9.17, 15) is 9.59 Å². The van der Waals surface area contributed by atoms with Crippen LogP contribution in [0.1, 0.15) is 24.2 Å². The number of nitrogens with one attached hydrogen (secondary N) is 1. The highest BCUT2D eigenvalue weighted by Gasteiger charge is 2.29. The molecule has 1 aromatic carbocycles. The maximum atomic E-state index is 11.9. The van der Waals surface area contributed by atoms with Crippen molar-refractivity contribution in [2.24, 2.45) is 0 Å². The Morgan fingerprint density at radius 3 is 2.40 bits per heavy atom. The SMILES string of the molecule is CC(C)(NC(=O)c1ccc(-c2nnco2)cc1)C(=O)O. The molecule has 20 heavy (non-hydrogen) atoms. The van der Waals surface area contributed by atoms with Gasteiger partial charge < -0.3 is 14.8 Å². The summed E-state index contributed by atoms with van der Waals surface area (Å²) >= 11 is 0. The standard InChI is InChI=1S/C13H13N3O4/c1-13(2,12(18)19)15-10(17)8-3-5-9(6-4-8)11-16-14-7-20-11/h3-7H,1-2H3,(H,15,17)(H,18,19). The lowest BCUT2D eigenvalue weighted by molar-refractivity contribution is -0.143.